The standard InChI is InChI=1S/C19H17ClN4O3/c20-14-10-21-19(22-11-14)26-15-7-4-8-24(12-15)18(25)16-9-17(27-23-16)13-5-2-1-3-6-13/h1-3,5-6,9-11,15H,4,7-8,12H2. The van der Waals surface area contributed by atoms with Gasteiger partial charge in [-0.2, -0.15) is 0 Å². The third-order valence-electron chi connectivity index (χ3n) is 4.32. The van der Waals surface area contributed by atoms with Crippen molar-refractivity contribution in [3.63, 3.8) is 0 Å². The van der Waals surface area contributed by atoms with E-state index in [1.807, 2.05) is 30.3 Å². The summed E-state index contributed by atoms with van der Waals surface area (Å²) in [6, 6.07) is 11.5. The SMILES string of the molecule is O=C(c1cc(-c2ccccc2)on1)N1CCCC(Oc2ncc(Cl)cn2)C1. The van der Waals surface area contributed by atoms with Gasteiger partial charge in [-0.1, -0.05) is 47.1 Å². The van der Waals surface area contributed by atoms with Gasteiger partial charge in [-0.15, -0.1) is 0 Å². The normalized spacial score (nSPS) is 16.9. The average Bonchev–Trinajstić information content (AvgIpc) is 3.20. The summed E-state index contributed by atoms with van der Waals surface area (Å²) in [6.45, 7) is 1.09. The van der Waals surface area contributed by atoms with E-state index in [0.29, 0.717) is 23.9 Å². The van der Waals surface area contributed by atoms with Gasteiger partial charge in [0.2, 0.25) is 0 Å². The predicted octanol–water partition coefficient (Wildman–Crippen LogP) is 3.47. The monoisotopic (exact) mass is 384 g/mol. The molecular formula is C19H17ClN4O3. The highest BCUT2D eigenvalue weighted by atomic mass is 35.5. The van der Waals surface area contributed by atoms with Crippen LogP contribution in [0, 0.1) is 0 Å². The minimum absolute atomic E-state index is 0.175. The van der Waals surface area contributed by atoms with E-state index in [1.54, 1.807) is 11.0 Å². The van der Waals surface area contributed by atoms with E-state index in [2.05, 4.69) is 15.1 Å². The summed E-state index contributed by atoms with van der Waals surface area (Å²) in [5.74, 6) is 0.393. The van der Waals surface area contributed by atoms with Crippen molar-refractivity contribution in [2.45, 2.75) is 18.9 Å². The number of likely N-dealkylation sites (tertiary alicyclic amines) is 1. The van der Waals surface area contributed by atoms with E-state index in [1.165, 1.54) is 12.4 Å². The molecule has 1 fully saturated rings. The fourth-order valence-electron chi connectivity index (χ4n) is 3.01. The number of rotatable bonds is 4. The minimum Gasteiger partial charge on any atom is -0.458 e. The van der Waals surface area contributed by atoms with Gasteiger partial charge in [-0.05, 0) is 12.8 Å². The van der Waals surface area contributed by atoms with Crippen molar-refractivity contribution in [3.8, 4) is 17.3 Å². The van der Waals surface area contributed by atoms with Crippen molar-refractivity contribution in [1.29, 1.82) is 0 Å². The van der Waals surface area contributed by atoms with E-state index in [4.69, 9.17) is 20.9 Å². The average molecular weight is 385 g/mol. The lowest BCUT2D eigenvalue weighted by atomic mass is 10.1. The first-order chi connectivity index (χ1) is 13.2. The number of aromatic nitrogens is 3. The van der Waals surface area contributed by atoms with Gasteiger partial charge < -0.3 is 14.2 Å². The Morgan fingerprint density at radius 2 is 2.00 bits per heavy atom. The lowest BCUT2D eigenvalue weighted by Crippen LogP contribution is -2.44. The van der Waals surface area contributed by atoms with Crippen LogP contribution in [-0.4, -0.2) is 45.1 Å². The second-order valence-electron chi connectivity index (χ2n) is 6.26. The molecule has 1 amide bonds. The summed E-state index contributed by atoms with van der Waals surface area (Å²) in [5, 5.41) is 4.39. The molecule has 1 aliphatic rings. The number of hydrogen-bond donors (Lipinski definition) is 0. The van der Waals surface area contributed by atoms with Crippen LogP contribution in [0.5, 0.6) is 6.01 Å². The van der Waals surface area contributed by atoms with Gasteiger partial charge >= 0.3 is 6.01 Å². The largest absolute Gasteiger partial charge is 0.458 e. The van der Waals surface area contributed by atoms with Gasteiger partial charge in [-0.25, -0.2) is 9.97 Å². The molecule has 1 saturated heterocycles. The summed E-state index contributed by atoms with van der Waals surface area (Å²) in [6.07, 6.45) is 4.44. The third-order valence-corrected chi connectivity index (χ3v) is 4.52. The lowest BCUT2D eigenvalue weighted by Gasteiger charge is -2.31. The van der Waals surface area contributed by atoms with Gasteiger partial charge in [-0.3, -0.25) is 4.79 Å². The molecule has 2 aromatic heterocycles. The number of ether oxygens (including phenoxy) is 1. The molecule has 0 saturated carbocycles. The molecule has 27 heavy (non-hydrogen) atoms. The van der Waals surface area contributed by atoms with Gasteiger partial charge in [0, 0.05) is 18.2 Å². The number of benzene rings is 1. The topological polar surface area (TPSA) is 81.4 Å². The van der Waals surface area contributed by atoms with Crippen molar-refractivity contribution in [3.05, 3.63) is 59.5 Å². The van der Waals surface area contributed by atoms with E-state index < -0.39 is 0 Å². The highest BCUT2D eigenvalue weighted by Gasteiger charge is 2.28. The molecular weight excluding hydrogens is 368 g/mol. The molecule has 8 heteroatoms. The van der Waals surface area contributed by atoms with Crippen molar-refractivity contribution < 1.29 is 14.1 Å². The molecule has 1 aromatic carbocycles. The molecule has 138 valence electrons. The summed E-state index contributed by atoms with van der Waals surface area (Å²) >= 11 is 5.78. The van der Waals surface area contributed by atoms with Crippen molar-refractivity contribution in [2.75, 3.05) is 13.1 Å². The van der Waals surface area contributed by atoms with Crippen LogP contribution < -0.4 is 4.74 Å². The molecule has 1 atom stereocenters. The molecule has 0 radical (unpaired) electrons. The zero-order valence-electron chi connectivity index (χ0n) is 14.4. The first kappa shape index (κ1) is 17.5. The molecule has 3 aromatic rings. The van der Waals surface area contributed by atoms with Crippen LogP contribution in [0.15, 0.2) is 53.3 Å². The Labute approximate surface area is 160 Å². The van der Waals surface area contributed by atoms with Gasteiger partial charge in [0.1, 0.15) is 6.10 Å². The van der Waals surface area contributed by atoms with E-state index >= 15 is 0 Å². The Kier molecular flexibility index (Phi) is 5.02. The van der Waals surface area contributed by atoms with Gasteiger partial charge in [0.25, 0.3) is 5.91 Å². The number of carbonyl (C=O) groups excluding carboxylic acids is 1. The number of carbonyl (C=O) groups is 1. The number of hydrogen-bond acceptors (Lipinski definition) is 6. The predicted molar refractivity (Wildman–Crippen MR) is 98.5 cm³/mol. The maximum absolute atomic E-state index is 12.8. The van der Waals surface area contributed by atoms with Crippen LogP contribution in [0.2, 0.25) is 5.02 Å². The van der Waals surface area contributed by atoms with E-state index in [-0.39, 0.29) is 23.7 Å². The van der Waals surface area contributed by atoms with Crippen LogP contribution in [0.25, 0.3) is 11.3 Å². The molecule has 4 rings (SSSR count). The second-order valence-corrected chi connectivity index (χ2v) is 6.70. The Balaban J connectivity index is 1.43. The van der Waals surface area contributed by atoms with Crippen LogP contribution in [0.3, 0.4) is 0 Å². The van der Waals surface area contributed by atoms with Gasteiger partial charge in [0.15, 0.2) is 11.5 Å². The summed E-state index contributed by atoms with van der Waals surface area (Å²) in [4.78, 5) is 22.6. The molecule has 1 aliphatic heterocycles. The van der Waals surface area contributed by atoms with E-state index in [9.17, 15) is 4.79 Å². The highest BCUT2D eigenvalue weighted by molar-refractivity contribution is 6.30. The molecule has 0 N–H and O–H groups in total. The molecule has 0 bridgehead atoms. The Morgan fingerprint density at radius 1 is 1.22 bits per heavy atom. The fourth-order valence-corrected chi connectivity index (χ4v) is 3.10. The van der Waals surface area contributed by atoms with Crippen LogP contribution in [0.1, 0.15) is 23.3 Å². The third kappa shape index (κ3) is 4.09. The Hall–Kier alpha value is -2.93. The van der Waals surface area contributed by atoms with Crippen LogP contribution in [-0.2, 0) is 0 Å². The lowest BCUT2D eigenvalue weighted by molar-refractivity contribution is 0.0507. The zero-order valence-corrected chi connectivity index (χ0v) is 15.2. The maximum atomic E-state index is 12.8. The van der Waals surface area contributed by atoms with Crippen LogP contribution >= 0.6 is 11.6 Å². The van der Waals surface area contributed by atoms with Crippen molar-refractivity contribution in [1.82, 2.24) is 20.0 Å². The zero-order chi connectivity index (χ0) is 18.6. The van der Waals surface area contributed by atoms with Gasteiger partial charge in [0.05, 0.1) is 24.0 Å². The molecule has 3 heterocycles. The first-order valence-corrected chi connectivity index (χ1v) is 9.02. The van der Waals surface area contributed by atoms with E-state index in [0.717, 1.165) is 18.4 Å². The number of piperidine rings is 1. The van der Waals surface area contributed by atoms with Crippen LogP contribution in [0.4, 0.5) is 0 Å². The smallest absolute Gasteiger partial charge is 0.316 e. The molecule has 7 nitrogen and oxygen atoms in total. The summed E-state index contributed by atoms with van der Waals surface area (Å²) in [5.41, 5.74) is 1.17. The number of amides is 1. The first-order valence-electron chi connectivity index (χ1n) is 8.64. The second kappa shape index (κ2) is 7.75. The summed E-state index contributed by atoms with van der Waals surface area (Å²) in [7, 11) is 0. The Morgan fingerprint density at radius 3 is 2.78 bits per heavy atom. The molecule has 0 aliphatic carbocycles. The summed E-state index contributed by atoms with van der Waals surface area (Å²) < 4.78 is 11.1. The quantitative estimate of drug-likeness (QED) is 0.685. The Bertz CT molecular complexity index is 914. The molecule has 1 unspecified atom stereocenters. The number of halogens is 1. The minimum atomic E-state index is -0.177. The highest BCUT2D eigenvalue weighted by Crippen LogP contribution is 2.22. The molecule has 0 spiro atoms. The number of nitrogens with zero attached hydrogens (tertiary/aromatic N) is 4. The maximum Gasteiger partial charge on any atom is 0.316 e. The van der Waals surface area contributed by atoms with Crippen molar-refractivity contribution in [2.24, 2.45) is 0 Å². The van der Waals surface area contributed by atoms with Crippen molar-refractivity contribution >= 4 is 17.5 Å². The fraction of sp³-hybridized carbons (Fsp3) is 0.263.